The van der Waals surface area contributed by atoms with Crippen LogP contribution in [0.2, 0.25) is 0 Å². The van der Waals surface area contributed by atoms with Crippen molar-refractivity contribution in [1.82, 2.24) is 14.8 Å². The van der Waals surface area contributed by atoms with E-state index in [9.17, 15) is 9.59 Å². The topological polar surface area (TPSA) is 74.8 Å². The number of hydrogen-bond donors (Lipinski definition) is 1. The van der Waals surface area contributed by atoms with E-state index in [0.717, 1.165) is 37.6 Å². The summed E-state index contributed by atoms with van der Waals surface area (Å²) in [5.74, 6) is -0.433. The van der Waals surface area contributed by atoms with Gasteiger partial charge >= 0.3 is 5.97 Å². The molecule has 2 aromatic rings. The second-order valence-electron chi connectivity index (χ2n) is 6.22. The van der Waals surface area contributed by atoms with Crippen molar-refractivity contribution in [2.75, 3.05) is 45.7 Å². The maximum atomic E-state index is 12.5. The Morgan fingerprint density at radius 1 is 1.08 bits per heavy atom. The van der Waals surface area contributed by atoms with Gasteiger partial charge in [0.25, 0.3) is 5.91 Å². The van der Waals surface area contributed by atoms with Crippen molar-refractivity contribution in [3.63, 3.8) is 0 Å². The number of esters is 1. The number of rotatable bonds is 4. The van der Waals surface area contributed by atoms with Gasteiger partial charge in [0.05, 0.1) is 24.6 Å². The summed E-state index contributed by atoms with van der Waals surface area (Å²) >= 11 is 0. The van der Waals surface area contributed by atoms with E-state index in [1.807, 2.05) is 11.0 Å². The summed E-state index contributed by atoms with van der Waals surface area (Å²) in [6.45, 7) is 3.19. The molecule has 1 fully saturated rings. The minimum absolute atomic E-state index is 0.0441. The molecule has 1 aromatic carbocycles. The maximum Gasteiger partial charge on any atom is 0.337 e. The van der Waals surface area contributed by atoms with Crippen LogP contribution in [-0.4, -0.2) is 67.0 Å². The maximum absolute atomic E-state index is 12.5. The van der Waals surface area contributed by atoms with Crippen molar-refractivity contribution in [2.45, 2.75) is 0 Å². The fourth-order valence-corrected chi connectivity index (χ4v) is 2.77. The second kappa shape index (κ2) is 7.97. The molecular weight excluding hydrogens is 332 g/mol. The molecule has 1 N–H and O–H groups in total. The first-order chi connectivity index (χ1) is 12.6. The number of nitrogens with one attached hydrogen (secondary N) is 1. The summed E-state index contributed by atoms with van der Waals surface area (Å²) in [5, 5.41) is 3.17. The third-order valence-corrected chi connectivity index (χ3v) is 4.35. The minimum Gasteiger partial charge on any atom is -0.465 e. The first-order valence-electron chi connectivity index (χ1n) is 8.46. The van der Waals surface area contributed by atoms with Crippen LogP contribution < -0.4 is 5.32 Å². The molecule has 7 nitrogen and oxygen atoms in total. The number of piperazine rings is 1. The van der Waals surface area contributed by atoms with E-state index in [1.54, 1.807) is 36.5 Å². The van der Waals surface area contributed by atoms with Crippen molar-refractivity contribution in [3.05, 3.63) is 53.9 Å². The van der Waals surface area contributed by atoms with Gasteiger partial charge in [0.2, 0.25) is 0 Å². The molecule has 1 amide bonds. The minimum atomic E-state index is -0.389. The highest BCUT2D eigenvalue weighted by Gasteiger charge is 2.21. The lowest BCUT2D eigenvalue weighted by molar-refractivity contribution is 0.0599. The number of ether oxygens (including phenoxy) is 1. The number of nitrogens with zero attached hydrogens (tertiary/aromatic N) is 3. The molecule has 0 saturated carbocycles. The van der Waals surface area contributed by atoms with Crippen LogP contribution in [0.1, 0.15) is 20.8 Å². The number of aromatic nitrogens is 1. The lowest BCUT2D eigenvalue weighted by Gasteiger charge is -2.32. The number of pyridine rings is 1. The molecule has 0 unspecified atom stereocenters. The average molecular weight is 354 g/mol. The van der Waals surface area contributed by atoms with Crippen LogP contribution in [0.4, 0.5) is 11.4 Å². The van der Waals surface area contributed by atoms with E-state index in [0.29, 0.717) is 11.3 Å². The van der Waals surface area contributed by atoms with Gasteiger partial charge in [-0.05, 0) is 37.4 Å². The fourth-order valence-electron chi connectivity index (χ4n) is 2.77. The Balaban J connectivity index is 1.66. The molecule has 2 heterocycles. The number of benzene rings is 1. The van der Waals surface area contributed by atoms with E-state index in [2.05, 4.69) is 22.2 Å². The summed E-state index contributed by atoms with van der Waals surface area (Å²) in [4.78, 5) is 32.4. The van der Waals surface area contributed by atoms with E-state index in [4.69, 9.17) is 4.74 Å². The molecule has 0 spiro atoms. The number of carbonyl (C=O) groups excluding carboxylic acids is 2. The Hall–Kier alpha value is -2.93. The molecule has 1 aromatic heterocycles. The molecule has 3 rings (SSSR count). The molecule has 1 aliphatic heterocycles. The summed E-state index contributed by atoms with van der Waals surface area (Å²) in [5.41, 5.74) is 2.38. The van der Waals surface area contributed by atoms with Crippen LogP contribution >= 0.6 is 0 Å². The highest BCUT2D eigenvalue weighted by atomic mass is 16.5. The van der Waals surface area contributed by atoms with Gasteiger partial charge in [0.1, 0.15) is 5.69 Å². The third-order valence-electron chi connectivity index (χ3n) is 4.35. The standard InChI is InChI=1S/C19H22N4O3/c1-22-8-10-23(11-9-22)18(24)17-7-6-16(13-20-17)21-15-5-3-4-14(12-15)19(25)26-2/h3-7,12-13,21H,8-11H2,1-2H3. The number of anilines is 2. The number of amides is 1. The predicted molar refractivity (Wildman–Crippen MR) is 98.7 cm³/mol. The van der Waals surface area contributed by atoms with Crippen LogP contribution in [0.3, 0.4) is 0 Å². The molecule has 136 valence electrons. The van der Waals surface area contributed by atoms with Gasteiger partial charge in [0, 0.05) is 31.9 Å². The van der Waals surface area contributed by atoms with Crippen molar-refractivity contribution in [1.29, 1.82) is 0 Å². The first kappa shape index (κ1) is 17.9. The summed E-state index contributed by atoms with van der Waals surface area (Å²) in [6.07, 6.45) is 1.62. The summed E-state index contributed by atoms with van der Waals surface area (Å²) in [6, 6.07) is 10.5. The molecule has 1 aliphatic rings. The molecular formula is C19H22N4O3. The normalized spacial score (nSPS) is 14.8. The van der Waals surface area contributed by atoms with Crippen molar-refractivity contribution < 1.29 is 14.3 Å². The van der Waals surface area contributed by atoms with Crippen molar-refractivity contribution in [3.8, 4) is 0 Å². The average Bonchev–Trinajstić information content (AvgIpc) is 2.68. The molecule has 0 radical (unpaired) electrons. The van der Waals surface area contributed by atoms with Gasteiger partial charge in [-0.3, -0.25) is 4.79 Å². The van der Waals surface area contributed by atoms with Gasteiger partial charge in [-0.25, -0.2) is 9.78 Å². The van der Waals surface area contributed by atoms with Crippen molar-refractivity contribution in [2.24, 2.45) is 0 Å². The Labute approximate surface area is 152 Å². The Morgan fingerprint density at radius 2 is 1.85 bits per heavy atom. The highest BCUT2D eigenvalue weighted by Crippen LogP contribution is 2.18. The fraction of sp³-hybridized carbons (Fsp3) is 0.316. The SMILES string of the molecule is COC(=O)c1cccc(Nc2ccc(C(=O)N3CCN(C)CC3)nc2)c1. The molecule has 1 saturated heterocycles. The van der Waals surface area contributed by atoms with E-state index < -0.39 is 0 Å². The number of carbonyl (C=O) groups is 2. The molecule has 0 atom stereocenters. The lowest BCUT2D eigenvalue weighted by Crippen LogP contribution is -2.47. The van der Waals surface area contributed by atoms with Crippen LogP contribution in [0, 0.1) is 0 Å². The molecule has 0 aliphatic carbocycles. The smallest absolute Gasteiger partial charge is 0.337 e. The number of hydrogen-bond acceptors (Lipinski definition) is 6. The van der Waals surface area contributed by atoms with Gasteiger partial charge in [-0.2, -0.15) is 0 Å². The first-order valence-corrected chi connectivity index (χ1v) is 8.46. The van der Waals surface area contributed by atoms with Crippen LogP contribution in [0.15, 0.2) is 42.6 Å². The number of methoxy groups -OCH3 is 1. The second-order valence-corrected chi connectivity index (χ2v) is 6.22. The monoisotopic (exact) mass is 354 g/mol. The molecule has 0 bridgehead atoms. The van der Waals surface area contributed by atoms with E-state index >= 15 is 0 Å². The highest BCUT2D eigenvalue weighted by molar-refractivity contribution is 5.93. The van der Waals surface area contributed by atoms with E-state index in [1.165, 1.54) is 7.11 Å². The molecule has 7 heteroatoms. The number of likely N-dealkylation sites (N-methyl/N-ethyl adjacent to an activating group) is 1. The third kappa shape index (κ3) is 4.18. The van der Waals surface area contributed by atoms with Crippen LogP contribution in [0.5, 0.6) is 0 Å². The van der Waals surface area contributed by atoms with Crippen LogP contribution in [0.25, 0.3) is 0 Å². The zero-order valence-electron chi connectivity index (χ0n) is 14.9. The van der Waals surface area contributed by atoms with Gasteiger partial charge < -0.3 is 19.9 Å². The van der Waals surface area contributed by atoms with Gasteiger partial charge in [-0.15, -0.1) is 0 Å². The van der Waals surface area contributed by atoms with Gasteiger partial charge in [0.15, 0.2) is 0 Å². The Bertz CT molecular complexity index is 784. The zero-order valence-corrected chi connectivity index (χ0v) is 14.9. The molecule has 26 heavy (non-hydrogen) atoms. The van der Waals surface area contributed by atoms with E-state index in [-0.39, 0.29) is 11.9 Å². The zero-order chi connectivity index (χ0) is 18.5. The Kier molecular flexibility index (Phi) is 5.48. The van der Waals surface area contributed by atoms with Crippen LogP contribution in [-0.2, 0) is 4.74 Å². The summed E-state index contributed by atoms with van der Waals surface area (Å²) < 4.78 is 4.72. The largest absolute Gasteiger partial charge is 0.465 e. The summed E-state index contributed by atoms with van der Waals surface area (Å²) in [7, 11) is 3.40. The van der Waals surface area contributed by atoms with Crippen molar-refractivity contribution >= 4 is 23.3 Å². The predicted octanol–water partition coefficient (Wildman–Crippen LogP) is 2.00. The lowest BCUT2D eigenvalue weighted by atomic mass is 10.2. The van der Waals surface area contributed by atoms with Gasteiger partial charge in [-0.1, -0.05) is 6.07 Å². The quantitative estimate of drug-likeness (QED) is 0.847. The Morgan fingerprint density at radius 3 is 2.50 bits per heavy atom.